The van der Waals surface area contributed by atoms with Gasteiger partial charge < -0.3 is 0 Å². The Balaban J connectivity index is 1.58. The van der Waals surface area contributed by atoms with Crippen molar-refractivity contribution >= 4 is 20.0 Å². The summed E-state index contributed by atoms with van der Waals surface area (Å²) in [5.41, 5.74) is 1.06. The summed E-state index contributed by atoms with van der Waals surface area (Å²) in [6, 6.07) is 7.82. The first-order chi connectivity index (χ1) is 10.2. The molecule has 106 valence electrons. The van der Waals surface area contributed by atoms with Crippen LogP contribution in [0, 0.1) is 12.0 Å². The van der Waals surface area contributed by atoms with Crippen molar-refractivity contribution in [3.8, 4) is 6.13 Å². The number of rotatable bonds is 2. The summed E-state index contributed by atoms with van der Waals surface area (Å²) < 4.78 is 2.25. The van der Waals surface area contributed by atoms with Crippen LogP contribution >= 0.6 is 8.19 Å². The van der Waals surface area contributed by atoms with E-state index in [1.807, 2.05) is 0 Å². The Morgan fingerprint density at radius 2 is 1.81 bits per heavy atom. The molecule has 2 unspecified atom stereocenters. The van der Waals surface area contributed by atoms with Gasteiger partial charge in [-0.3, -0.25) is 0 Å². The summed E-state index contributed by atoms with van der Waals surface area (Å²) in [6.07, 6.45) is 9.33. The van der Waals surface area contributed by atoms with Crippen LogP contribution in [-0.4, -0.2) is 40.0 Å². The van der Waals surface area contributed by atoms with Crippen LogP contribution in [0.3, 0.4) is 0 Å². The van der Waals surface area contributed by atoms with Gasteiger partial charge in [-0.05, 0) is 0 Å². The molecule has 0 spiro atoms. The third-order valence-electron chi connectivity index (χ3n) is 5.07. The van der Waals surface area contributed by atoms with Crippen LogP contribution in [0.5, 0.6) is 0 Å². The average Bonchev–Trinajstić information content (AvgIpc) is 2.86. The van der Waals surface area contributed by atoms with Crippen molar-refractivity contribution < 1.29 is 9.59 Å². The molecule has 4 rings (SSSR count). The molecular weight excluding hydrogens is 283 g/mol. The molecular formula is C16H16N2O2P+. The Labute approximate surface area is 125 Å². The molecule has 0 radical (unpaired) electrons. The fourth-order valence-corrected chi connectivity index (χ4v) is 4.69. The second kappa shape index (κ2) is 4.78. The van der Waals surface area contributed by atoms with E-state index in [1.54, 1.807) is 24.3 Å². The molecule has 21 heavy (non-hydrogen) atoms. The minimum atomic E-state index is -0.163. The van der Waals surface area contributed by atoms with Gasteiger partial charge in [-0.2, -0.15) is 0 Å². The molecule has 0 N–H and O–H groups in total. The van der Waals surface area contributed by atoms with E-state index in [1.165, 1.54) is 17.7 Å². The molecule has 1 aliphatic carbocycles. The van der Waals surface area contributed by atoms with E-state index in [0.717, 1.165) is 14.6 Å². The van der Waals surface area contributed by atoms with Gasteiger partial charge in [-0.1, -0.05) is 0 Å². The third-order valence-corrected chi connectivity index (χ3v) is 5.96. The molecule has 1 saturated carbocycles. The Morgan fingerprint density at radius 3 is 2.33 bits per heavy atom. The Bertz CT molecular complexity index is 646. The molecule has 2 amide bonds. The predicted octanol–water partition coefficient (Wildman–Crippen LogP) is 2.59. The monoisotopic (exact) mass is 299 g/mol. The number of benzene rings is 1. The van der Waals surface area contributed by atoms with Gasteiger partial charge in [0.2, 0.25) is 0 Å². The van der Waals surface area contributed by atoms with Gasteiger partial charge in [0, 0.05) is 0 Å². The van der Waals surface area contributed by atoms with Crippen LogP contribution in [0.4, 0.5) is 0 Å². The summed E-state index contributed by atoms with van der Waals surface area (Å²) in [5.74, 6) is 0.369. The molecule has 2 heterocycles. The van der Waals surface area contributed by atoms with Gasteiger partial charge in [0.05, 0.1) is 0 Å². The van der Waals surface area contributed by atoms with Crippen molar-refractivity contribution in [3.63, 3.8) is 0 Å². The molecule has 0 aromatic heterocycles. The maximum absolute atomic E-state index is 12.4. The summed E-state index contributed by atoms with van der Waals surface area (Å²) in [7, 11) is 0.758. The summed E-state index contributed by atoms with van der Waals surface area (Å²) in [6.45, 7) is 0.462. The number of imide groups is 1. The topological polar surface area (TPSA) is 40.6 Å². The molecule has 2 aliphatic heterocycles. The fourth-order valence-electron chi connectivity index (χ4n) is 3.86. The van der Waals surface area contributed by atoms with Gasteiger partial charge in [-0.15, -0.1) is 0 Å². The number of carbonyl (C=O) groups excluding carboxylic acids is 2. The first-order valence-electron chi connectivity index (χ1n) is 7.35. The van der Waals surface area contributed by atoms with Gasteiger partial charge in [0.15, 0.2) is 0 Å². The van der Waals surface area contributed by atoms with Gasteiger partial charge in [-0.25, -0.2) is 0 Å². The van der Waals surface area contributed by atoms with E-state index in [4.69, 9.17) is 6.13 Å². The van der Waals surface area contributed by atoms with E-state index in [2.05, 4.69) is 4.67 Å². The second-order valence-corrected chi connectivity index (χ2v) is 6.75. The minimum absolute atomic E-state index is 0.163. The van der Waals surface area contributed by atoms with Crippen LogP contribution in [0.25, 0.3) is 0 Å². The molecule has 1 aromatic carbocycles. The summed E-state index contributed by atoms with van der Waals surface area (Å²) in [4.78, 5) is 26.2. The molecule has 3 atom stereocenters. The van der Waals surface area contributed by atoms with E-state index in [9.17, 15) is 9.59 Å². The third kappa shape index (κ3) is 1.83. The summed E-state index contributed by atoms with van der Waals surface area (Å²) >= 11 is 0. The number of fused-ring (bicyclic) bond motifs is 2. The van der Waals surface area contributed by atoms with Gasteiger partial charge in [0.1, 0.15) is 0 Å². The fraction of sp³-hybridized carbons (Fsp3) is 0.438. The Morgan fingerprint density at radius 1 is 1.14 bits per heavy atom. The van der Waals surface area contributed by atoms with Crippen molar-refractivity contribution in [1.82, 2.24) is 9.57 Å². The summed E-state index contributed by atoms with van der Waals surface area (Å²) in [5, 5.41) is 0. The van der Waals surface area contributed by atoms with Crippen molar-refractivity contribution in [3.05, 3.63) is 35.4 Å². The average molecular weight is 299 g/mol. The zero-order valence-corrected chi connectivity index (χ0v) is 12.5. The van der Waals surface area contributed by atoms with E-state index < -0.39 is 0 Å². The van der Waals surface area contributed by atoms with Crippen molar-refractivity contribution in [2.24, 2.45) is 5.92 Å². The molecule has 1 saturated heterocycles. The van der Waals surface area contributed by atoms with Gasteiger partial charge >= 0.3 is 124 Å². The van der Waals surface area contributed by atoms with Crippen LogP contribution in [0.15, 0.2) is 24.3 Å². The number of carbonyl (C=O) groups is 2. The maximum atomic E-state index is 12.4. The Hall–Kier alpha value is -1.47. The van der Waals surface area contributed by atoms with E-state index in [-0.39, 0.29) is 17.9 Å². The Kier molecular flexibility index (Phi) is 3.00. The van der Waals surface area contributed by atoms with Gasteiger partial charge in [0.25, 0.3) is 0 Å². The number of hydrogen-bond donors (Lipinski definition) is 0. The van der Waals surface area contributed by atoms with Crippen molar-refractivity contribution in [2.75, 3.05) is 6.54 Å². The first-order valence-corrected chi connectivity index (χ1v) is 8.26. The SMILES string of the molecule is C#[P+]N1C2CCC2C[C@H]1CN1C(=O)c2ccccc2C1=O. The van der Waals surface area contributed by atoms with Crippen LogP contribution in [0.2, 0.25) is 0 Å². The number of hydrogen-bond acceptors (Lipinski definition) is 3. The van der Waals surface area contributed by atoms with Crippen molar-refractivity contribution in [2.45, 2.75) is 31.3 Å². The standard InChI is InChI=1S/C16H16N2O2P/c1-21-18-11(8-10-6-7-14(10)18)9-17-15(19)12-4-2-3-5-13(12)16(17)20/h1-5,10-11,14H,6-9H2/q+1/t10?,11-,14?/m0/s1. The first kappa shape index (κ1) is 13.2. The number of amides is 2. The van der Waals surface area contributed by atoms with E-state index in [0.29, 0.717) is 29.6 Å². The van der Waals surface area contributed by atoms with Crippen molar-refractivity contribution in [1.29, 1.82) is 0 Å². The zero-order chi connectivity index (χ0) is 14.6. The van der Waals surface area contributed by atoms with E-state index >= 15 is 0 Å². The number of nitrogens with zero attached hydrogens (tertiary/aromatic N) is 2. The zero-order valence-electron chi connectivity index (χ0n) is 11.6. The molecule has 3 aliphatic rings. The predicted molar refractivity (Wildman–Crippen MR) is 80.4 cm³/mol. The molecule has 5 heteroatoms. The van der Waals surface area contributed by atoms with Crippen LogP contribution < -0.4 is 0 Å². The van der Waals surface area contributed by atoms with Crippen LogP contribution in [0.1, 0.15) is 40.0 Å². The molecule has 1 aromatic rings. The van der Waals surface area contributed by atoms with Crippen LogP contribution in [-0.2, 0) is 0 Å². The normalized spacial score (nSPS) is 31.0. The molecule has 4 nitrogen and oxygen atoms in total. The quantitative estimate of drug-likeness (QED) is 0.622. The second-order valence-electron chi connectivity index (χ2n) is 6.06. The molecule has 0 bridgehead atoms. The molecule has 2 fully saturated rings.